The summed E-state index contributed by atoms with van der Waals surface area (Å²) >= 11 is 0. The Bertz CT molecular complexity index is 427. The number of nitrogens with zero attached hydrogens (tertiary/aromatic N) is 2. The highest BCUT2D eigenvalue weighted by Crippen LogP contribution is 2.09. The van der Waals surface area contributed by atoms with Crippen molar-refractivity contribution in [1.82, 2.24) is 9.78 Å². The third-order valence-electron chi connectivity index (χ3n) is 2.12. The van der Waals surface area contributed by atoms with Crippen molar-refractivity contribution in [3.8, 4) is 0 Å². The number of aryl methyl sites for hydroxylation is 1. The van der Waals surface area contributed by atoms with Crippen LogP contribution in [-0.2, 0) is 0 Å². The summed E-state index contributed by atoms with van der Waals surface area (Å²) in [5.74, 6) is 0. The van der Waals surface area contributed by atoms with E-state index in [2.05, 4.69) is 30.2 Å². The summed E-state index contributed by atoms with van der Waals surface area (Å²) in [7, 11) is 0. The molecule has 2 rings (SSSR count). The van der Waals surface area contributed by atoms with E-state index in [9.17, 15) is 0 Å². The van der Waals surface area contributed by atoms with Crippen LogP contribution < -0.4 is 0 Å². The summed E-state index contributed by atoms with van der Waals surface area (Å²) in [6.07, 6.45) is 7.68. The Kier molecular flexibility index (Phi) is 2.45. The second kappa shape index (κ2) is 3.92. The molecular formula is C12H12N2. The Labute approximate surface area is 83.5 Å². The molecule has 0 spiro atoms. The minimum atomic E-state index is 1.23. The molecule has 0 saturated heterocycles. The van der Waals surface area contributed by atoms with Crippen LogP contribution in [0.1, 0.15) is 11.1 Å². The van der Waals surface area contributed by atoms with Crippen LogP contribution in [-0.4, -0.2) is 9.78 Å². The van der Waals surface area contributed by atoms with Crippen molar-refractivity contribution in [2.75, 3.05) is 0 Å². The van der Waals surface area contributed by atoms with Gasteiger partial charge in [-0.3, -0.25) is 0 Å². The van der Waals surface area contributed by atoms with Gasteiger partial charge in [-0.15, -0.1) is 0 Å². The minimum absolute atomic E-state index is 1.23. The van der Waals surface area contributed by atoms with Crippen molar-refractivity contribution in [1.29, 1.82) is 0 Å². The van der Waals surface area contributed by atoms with Crippen LogP contribution in [0, 0.1) is 6.92 Å². The second-order valence-corrected chi connectivity index (χ2v) is 3.16. The van der Waals surface area contributed by atoms with Crippen molar-refractivity contribution in [2.45, 2.75) is 6.92 Å². The van der Waals surface area contributed by atoms with Gasteiger partial charge in [-0.25, -0.2) is 4.68 Å². The zero-order valence-corrected chi connectivity index (χ0v) is 8.09. The van der Waals surface area contributed by atoms with Crippen molar-refractivity contribution >= 4 is 12.3 Å². The number of hydrogen-bond donors (Lipinski definition) is 0. The SMILES string of the molecule is Cc1ccccc1/C=C/n1cccn1. The number of benzene rings is 1. The largest absolute Gasteiger partial charge is 0.248 e. The zero-order valence-electron chi connectivity index (χ0n) is 8.09. The van der Waals surface area contributed by atoms with E-state index in [0.29, 0.717) is 0 Å². The van der Waals surface area contributed by atoms with Crippen LogP contribution in [0.25, 0.3) is 12.3 Å². The lowest BCUT2D eigenvalue weighted by Crippen LogP contribution is -1.85. The molecule has 0 aliphatic rings. The molecule has 2 nitrogen and oxygen atoms in total. The molecule has 0 radical (unpaired) electrons. The van der Waals surface area contributed by atoms with Crippen molar-refractivity contribution in [3.05, 3.63) is 53.9 Å². The maximum atomic E-state index is 4.09. The molecule has 0 atom stereocenters. The highest BCUT2D eigenvalue weighted by molar-refractivity contribution is 5.62. The Morgan fingerprint density at radius 2 is 2.07 bits per heavy atom. The lowest BCUT2D eigenvalue weighted by Gasteiger charge is -1.98. The third-order valence-corrected chi connectivity index (χ3v) is 2.12. The van der Waals surface area contributed by atoms with Gasteiger partial charge in [-0.2, -0.15) is 5.10 Å². The normalized spacial score (nSPS) is 10.9. The van der Waals surface area contributed by atoms with Crippen LogP contribution >= 0.6 is 0 Å². The molecule has 0 fully saturated rings. The average Bonchev–Trinajstić information content (AvgIpc) is 2.69. The molecule has 0 aliphatic heterocycles. The van der Waals surface area contributed by atoms with Gasteiger partial charge < -0.3 is 0 Å². The average molecular weight is 184 g/mol. The molecule has 0 saturated carbocycles. The number of aromatic nitrogens is 2. The minimum Gasteiger partial charge on any atom is -0.248 e. The highest BCUT2D eigenvalue weighted by Gasteiger charge is 1.90. The Balaban J connectivity index is 2.23. The van der Waals surface area contributed by atoms with Gasteiger partial charge in [-0.1, -0.05) is 24.3 Å². The molecule has 2 heteroatoms. The van der Waals surface area contributed by atoms with E-state index in [-0.39, 0.29) is 0 Å². The molecule has 0 aliphatic carbocycles. The molecule has 0 bridgehead atoms. The summed E-state index contributed by atoms with van der Waals surface area (Å²) in [6, 6.07) is 10.2. The standard InChI is InChI=1S/C12H12N2/c1-11-5-2-3-6-12(11)7-10-14-9-4-8-13-14/h2-10H,1H3/b10-7+. The predicted molar refractivity (Wildman–Crippen MR) is 58.6 cm³/mol. The lowest BCUT2D eigenvalue weighted by molar-refractivity contribution is 0.938. The van der Waals surface area contributed by atoms with E-state index in [1.807, 2.05) is 30.6 Å². The van der Waals surface area contributed by atoms with Crippen LogP contribution in [0.15, 0.2) is 42.7 Å². The van der Waals surface area contributed by atoms with Crippen LogP contribution in [0.4, 0.5) is 0 Å². The number of hydrogen-bond acceptors (Lipinski definition) is 1. The molecule has 1 aromatic heterocycles. The third kappa shape index (κ3) is 1.91. The van der Waals surface area contributed by atoms with Crippen LogP contribution in [0.3, 0.4) is 0 Å². The van der Waals surface area contributed by atoms with Crippen molar-refractivity contribution in [3.63, 3.8) is 0 Å². The Morgan fingerprint density at radius 3 is 2.79 bits per heavy atom. The summed E-state index contributed by atoms with van der Waals surface area (Å²) in [6.45, 7) is 2.10. The van der Waals surface area contributed by atoms with Gasteiger partial charge in [-0.05, 0) is 30.2 Å². The summed E-state index contributed by atoms with van der Waals surface area (Å²) in [5.41, 5.74) is 2.50. The van der Waals surface area contributed by atoms with Gasteiger partial charge in [0.15, 0.2) is 0 Å². The Morgan fingerprint density at radius 1 is 1.21 bits per heavy atom. The topological polar surface area (TPSA) is 17.8 Å². The van der Waals surface area contributed by atoms with E-state index in [0.717, 1.165) is 0 Å². The fraction of sp³-hybridized carbons (Fsp3) is 0.0833. The smallest absolute Gasteiger partial charge is 0.0493 e. The Hall–Kier alpha value is -1.83. The lowest BCUT2D eigenvalue weighted by atomic mass is 10.1. The van der Waals surface area contributed by atoms with Gasteiger partial charge in [0.2, 0.25) is 0 Å². The summed E-state index contributed by atoms with van der Waals surface area (Å²) in [5, 5.41) is 4.09. The molecule has 14 heavy (non-hydrogen) atoms. The molecule has 0 N–H and O–H groups in total. The molecular weight excluding hydrogens is 172 g/mol. The van der Waals surface area contributed by atoms with E-state index in [1.165, 1.54) is 11.1 Å². The first kappa shape index (κ1) is 8.75. The van der Waals surface area contributed by atoms with Crippen LogP contribution in [0.2, 0.25) is 0 Å². The predicted octanol–water partition coefficient (Wildman–Crippen LogP) is 2.82. The molecule has 2 aromatic rings. The monoisotopic (exact) mass is 184 g/mol. The molecule has 1 aromatic carbocycles. The van der Waals surface area contributed by atoms with Gasteiger partial charge in [0, 0.05) is 18.6 Å². The first-order chi connectivity index (χ1) is 6.86. The quantitative estimate of drug-likeness (QED) is 0.701. The van der Waals surface area contributed by atoms with Gasteiger partial charge in [0.25, 0.3) is 0 Å². The second-order valence-electron chi connectivity index (χ2n) is 3.16. The first-order valence-corrected chi connectivity index (χ1v) is 4.59. The van der Waals surface area contributed by atoms with E-state index in [1.54, 1.807) is 10.9 Å². The maximum absolute atomic E-state index is 4.09. The fourth-order valence-electron chi connectivity index (χ4n) is 1.30. The van der Waals surface area contributed by atoms with Gasteiger partial charge >= 0.3 is 0 Å². The zero-order chi connectivity index (χ0) is 9.80. The maximum Gasteiger partial charge on any atom is 0.0493 e. The fourth-order valence-corrected chi connectivity index (χ4v) is 1.30. The summed E-state index contributed by atoms with van der Waals surface area (Å²) < 4.78 is 1.78. The van der Waals surface area contributed by atoms with E-state index in [4.69, 9.17) is 0 Å². The van der Waals surface area contributed by atoms with Gasteiger partial charge in [0.1, 0.15) is 0 Å². The van der Waals surface area contributed by atoms with Crippen molar-refractivity contribution in [2.24, 2.45) is 0 Å². The molecule has 0 amide bonds. The number of rotatable bonds is 2. The van der Waals surface area contributed by atoms with E-state index < -0.39 is 0 Å². The van der Waals surface area contributed by atoms with E-state index >= 15 is 0 Å². The van der Waals surface area contributed by atoms with Gasteiger partial charge in [0.05, 0.1) is 0 Å². The highest BCUT2D eigenvalue weighted by atomic mass is 15.2. The molecule has 1 heterocycles. The molecule has 70 valence electrons. The van der Waals surface area contributed by atoms with Crippen molar-refractivity contribution < 1.29 is 0 Å². The van der Waals surface area contributed by atoms with Crippen LogP contribution in [0.5, 0.6) is 0 Å². The summed E-state index contributed by atoms with van der Waals surface area (Å²) in [4.78, 5) is 0. The first-order valence-electron chi connectivity index (χ1n) is 4.59. The molecule has 0 unspecified atom stereocenters.